The van der Waals surface area contributed by atoms with Gasteiger partial charge in [0.15, 0.2) is 0 Å². The van der Waals surface area contributed by atoms with Crippen molar-refractivity contribution in [1.29, 1.82) is 0 Å². The largest absolute Gasteiger partial charge is 0.323 e. The van der Waals surface area contributed by atoms with Gasteiger partial charge < -0.3 is 5.73 Å². The van der Waals surface area contributed by atoms with E-state index in [1.807, 2.05) is 0 Å². The fourth-order valence-corrected chi connectivity index (χ4v) is 2.15. The molecule has 1 aliphatic rings. The third kappa shape index (κ3) is 2.14. The molecule has 0 amide bonds. The number of hydrogen-bond acceptors (Lipinski definition) is 4. The Labute approximate surface area is 81.8 Å². The summed E-state index contributed by atoms with van der Waals surface area (Å²) in [6.07, 6.45) is 8.80. The molecule has 3 nitrogen and oxygen atoms in total. The highest BCUT2D eigenvalue weighted by atomic mass is 32.1. The van der Waals surface area contributed by atoms with E-state index in [1.54, 1.807) is 6.20 Å². The van der Waals surface area contributed by atoms with Crippen LogP contribution in [0.2, 0.25) is 0 Å². The van der Waals surface area contributed by atoms with Gasteiger partial charge >= 0.3 is 0 Å². The van der Waals surface area contributed by atoms with Crippen molar-refractivity contribution in [2.45, 2.75) is 31.7 Å². The lowest BCUT2D eigenvalue weighted by molar-refractivity contribution is 0.707. The molecule has 0 spiro atoms. The van der Waals surface area contributed by atoms with Crippen molar-refractivity contribution in [2.75, 3.05) is 0 Å². The average Bonchev–Trinajstić information content (AvgIpc) is 2.74. The first kappa shape index (κ1) is 8.84. The summed E-state index contributed by atoms with van der Waals surface area (Å²) in [7, 11) is 0. The molecule has 2 N–H and O–H groups in total. The van der Waals surface area contributed by atoms with Crippen LogP contribution in [0.5, 0.6) is 0 Å². The number of hydrogen-bond donors (Lipinski definition) is 1. The second kappa shape index (κ2) is 3.98. The van der Waals surface area contributed by atoms with Crippen LogP contribution in [0.3, 0.4) is 0 Å². The first-order valence-electron chi connectivity index (χ1n) is 4.57. The van der Waals surface area contributed by atoms with Crippen molar-refractivity contribution in [2.24, 2.45) is 5.73 Å². The van der Waals surface area contributed by atoms with Crippen LogP contribution in [0.1, 0.15) is 36.6 Å². The number of nitrogens with zero attached hydrogens (tertiary/aromatic N) is 2. The summed E-state index contributed by atoms with van der Waals surface area (Å²) in [5, 5.41) is 3.79. The molecule has 70 valence electrons. The topological polar surface area (TPSA) is 51.8 Å². The van der Waals surface area contributed by atoms with Gasteiger partial charge in [0.05, 0.1) is 11.1 Å². The standard InChI is InChI=1S/C9H13N3S/c10-8(9-6-11-12-13-9)5-7-3-1-2-4-7/h3,6,8H,1-2,4-5,10H2. The smallest absolute Gasteiger partial charge is 0.0669 e. The maximum atomic E-state index is 6.01. The second-order valence-electron chi connectivity index (χ2n) is 3.39. The molecule has 2 rings (SSSR count). The van der Waals surface area contributed by atoms with Crippen LogP contribution >= 0.6 is 11.5 Å². The normalized spacial score (nSPS) is 18.7. The molecule has 0 aliphatic heterocycles. The first-order valence-corrected chi connectivity index (χ1v) is 5.34. The number of rotatable bonds is 3. The molecule has 1 heterocycles. The van der Waals surface area contributed by atoms with E-state index in [9.17, 15) is 0 Å². The Balaban J connectivity index is 1.95. The summed E-state index contributed by atoms with van der Waals surface area (Å²) in [5.74, 6) is 0. The van der Waals surface area contributed by atoms with Crippen molar-refractivity contribution < 1.29 is 0 Å². The molecule has 13 heavy (non-hydrogen) atoms. The zero-order chi connectivity index (χ0) is 9.10. The van der Waals surface area contributed by atoms with E-state index in [-0.39, 0.29) is 6.04 Å². The molecule has 1 atom stereocenters. The Morgan fingerprint density at radius 3 is 3.15 bits per heavy atom. The third-order valence-electron chi connectivity index (χ3n) is 2.36. The summed E-state index contributed by atoms with van der Waals surface area (Å²) in [6, 6.07) is 0.101. The maximum absolute atomic E-state index is 6.01. The highest BCUT2D eigenvalue weighted by molar-refractivity contribution is 7.05. The fourth-order valence-electron chi connectivity index (χ4n) is 1.64. The predicted octanol–water partition coefficient (Wildman–Crippen LogP) is 2.04. The molecule has 0 bridgehead atoms. The van der Waals surface area contributed by atoms with Gasteiger partial charge in [-0.1, -0.05) is 16.1 Å². The van der Waals surface area contributed by atoms with Gasteiger partial charge in [-0.05, 0) is 37.2 Å². The van der Waals surface area contributed by atoms with E-state index in [0.29, 0.717) is 0 Å². The summed E-state index contributed by atoms with van der Waals surface area (Å²) in [6.45, 7) is 0. The van der Waals surface area contributed by atoms with Gasteiger partial charge in [-0.25, -0.2) is 0 Å². The zero-order valence-corrected chi connectivity index (χ0v) is 8.26. The Morgan fingerprint density at radius 2 is 2.54 bits per heavy atom. The molecule has 0 fully saturated rings. The van der Waals surface area contributed by atoms with Crippen LogP contribution in [0.4, 0.5) is 0 Å². The molecule has 4 heteroatoms. The highest BCUT2D eigenvalue weighted by Crippen LogP contribution is 2.27. The summed E-state index contributed by atoms with van der Waals surface area (Å²) >= 11 is 1.40. The molecule has 1 aliphatic carbocycles. The average molecular weight is 195 g/mol. The molecule has 0 radical (unpaired) electrons. The summed E-state index contributed by atoms with van der Waals surface area (Å²) < 4.78 is 3.81. The van der Waals surface area contributed by atoms with Gasteiger partial charge in [-0.3, -0.25) is 0 Å². The number of allylic oxidation sites excluding steroid dienone is 1. The summed E-state index contributed by atoms with van der Waals surface area (Å²) in [4.78, 5) is 1.09. The third-order valence-corrected chi connectivity index (χ3v) is 3.16. The predicted molar refractivity (Wildman–Crippen MR) is 53.4 cm³/mol. The van der Waals surface area contributed by atoms with Gasteiger partial charge in [-0.2, -0.15) is 0 Å². The molecule has 1 aromatic heterocycles. The Bertz CT molecular complexity index is 292. The van der Waals surface area contributed by atoms with Crippen LogP contribution < -0.4 is 5.73 Å². The number of aromatic nitrogens is 2. The minimum absolute atomic E-state index is 0.101. The van der Waals surface area contributed by atoms with Crippen molar-refractivity contribution in [1.82, 2.24) is 9.59 Å². The molecule has 0 saturated heterocycles. The SMILES string of the molecule is NC(CC1=CCCC1)c1cnns1. The lowest BCUT2D eigenvalue weighted by Gasteiger charge is -2.08. The van der Waals surface area contributed by atoms with Crippen molar-refractivity contribution in [3.8, 4) is 0 Å². The molecule has 1 aromatic rings. The maximum Gasteiger partial charge on any atom is 0.0669 e. The second-order valence-corrected chi connectivity index (χ2v) is 4.20. The van der Waals surface area contributed by atoms with Gasteiger partial charge in [0.1, 0.15) is 0 Å². The summed E-state index contributed by atoms with van der Waals surface area (Å²) in [5.41, 5.74) is 7.51. The molecular weight excluding hydrogens is 182 g/mol. The van der Waals surface area contributed by atoms with Crippen LogP contribution in [-0.2, 0) is 0 Å². The Kier molecular flexibility index (Phi) is 2.71. The minimum Gasteiger partial charge on any atom is -0.323 e. The van der Waals surface area contributed by atoms with Crippen LogP contribution in [0, 0.1) is 0 Å². The fraction of sp³-hybridized carbons (Fsp3) is 0.556. The minimum atomic E-state index is 0.101. The van der Waals surface area contributed by atoms with Gasteiger partial charge in [0, 0.05) is 6.04 Å². The first-order chi connectivity index (χ1) is 6.36. The van der Waals surface area contributed by atoms with Crippen LogP contribution in [-0.4, -0.2) is 9.59 Å². The van der Waals surface area contributed by atoms with Crippen molar-refractivity contribution in [3.05, 3.63) is 22.7 Å². The van der Waals surface area contributed by atoms with E-state index >= 15 is 0 Å². The van der Waals surface area contributed by atoms with Crippen LogP contribution in [0.25, 0.3) is 0 Å². The van der Waals surface area contributed by atoms with E-state index in [1.165, 1.54) is 36.4 Å². The van der Waals surface area contributed by atoms with Gasteiger partial charge in [0.25, 0.3) is 0 Å². The molecule has 0 aromatic carbocycles. The van der Waals surface area contributed by atoms with Gasteiger partial charge in [0.2, 0.25) is 0 Å². The monoisotopic (exact) mass is 195 g/mol. The molecular formula is C9H13N3S. The van der Waals surface area contributed by atoms with Crippen LogP contribution in [0.15, 0.2) is 17.8 Å². The number of nitrogens with two attached hydrogens (primary N) is 1. The Morgan fingerprint density at radius 1 is 1.62 bits per heavy atom. The van der Waals surface area contributed by atoms with E-state index in [4.69, 9.17) is 5.73 Å². The van der Waals surface area contributed by atoms with Crippen molar-refractivity contribution >= 4 is 11.5 Å². The van der Waals surface area contributed by atoms with E-state index in [0.717, 1.165) is 11.3 Å². The Hall–Kier alpha value is -0.740. The quantitative estimate of drug-likeness (QED) is 0.751. The highest BCUT2D eigenvalue weighted by Gasteiger charge is 2.13. The van der Waals surface area contributed by atoms with Gasteiger partial charge in [-0.15, -0.1) is 5.10 Å². The van der Waals surface area contributed by atoms with E-state index in [2.05, 4.69) is 15.7 Å². The lowest BCUT2D eigenvalue weighted by Crippen LogP contribution is -2.09. The molecule has 0 saturated carbocycles. The van der Waals surface area contributed by atoms with E-state index < -0.39 is 0 Å². The lowest BCUT2D eigenvalue weighted by atomic mass is 10.1. The zero-order valence-electron chi connectivity index (χ0n) is 7.44. The van der Waals surface area contributed by atoms with Crippen molar-refractivity contribution in [3.63, 3.8) is 0 Å². The molecule has 1 unspecified atom stereocenters.